The third kappa shape index (κ3) is 11.9. The molecular weight excluding hydrogens is 1060 g/mol. The number of primary amides is 2. The Labute approximate surface area is 426 Å². The minimum atomic E-state index is -4.25. The van der Waals surface area contributed by atoms with E-state index in [1.165, 1.54) is 63.5 Å². The van der Waals surface area contributed by atoms with E-state index >= 15 is 0 Å². The summed E-state index contributed by atoms with van der Waals surface area (Å²) in [4.78, 5) is 64.1. The molecule has 22 nitrogen and oxygen atoms in total. The van der Waals surface area contributed by atoms with Gasteiger partial charge in [0.2, 0.25) is 23.6 Å². The van der Waals surface area contributed by atoms with Gasteiger partial charge >= 0.3 is 0 Å². The predicted molar refractivity (Wildman–Crippen MR) is 266 cm³/mol. The van der Waals surface area contributed by atoms with Gasteiger partial charge < -0.3 is 31.2 Å². The molecule has 0 radical (unpaired) electrons. The quantitative estimate of drug-likeness (QED) is 0.0801. The Bertz CT molecular complexity index is 3640. The predicted octanol–water partition coefficient (Wildman–Crippen LogP) is 3.81. The molecule has 0 saturated carbocycles. The SMILES string of the molecule is COc1ncc(-c2ccc3ncn(C[C@@H](O)C(N)=O)c(=O)c3c2)cc1NS(=O)(=O)c1ccc(F)cc1Cl.COc1ncc(-c2ccc3ncn(C[C@H](O)C(N)=O)c(=O)c3c2)cc1NS(=O)(=O)c1ccc(F)cc1Cl. The molecule has 4 aromatic carbocycles. The standard InChI is InChI=1S/2C23H19ClFN5O6S/c2*1-36-22-18(29-37(34,35)20-5-3-14(25)8-16(20)24)7-13(9-27-22)12-2-4-17-15(6-12)23(33)30(11-28-17)10-19(31)21(26)32/h2*2-9,11,19,29,31H,10H2,1H3,(H2,26,32)/t2*19-/m10/s1. The highest BCUT2D eigenvalue weighted by Gasteiger charge is 2.24. The first-order chi connectivity index (χ1) is 35.0. The Balaban J connectivity index is 0.000000216. The number of aliphatic hydroxyl groups excluding tert-OH is 2. The molecule has 8 rings (SSSR count). The van der Waals surface area contributed by atoms with Gasteiger partial charge in [-0.05, 0) is 83.9 Å². The number of carbonyl (C=O) groups excluding carboxylic acids is 2. The average molecular weight is 1100 g/mol. The van der Waals surface area contributed by atoms with E-state index in [9.17, 15) is 55.0 Å². The van der Waals surface area contributed by atoms with Crippen LogP contribution in [-0.2, 0) is 42.7 Å². The molecule has 4 aromatic heterocycles. The Hall–Kier alpha value is -8.14. The van der Waals surface area contributed by atoms with Gasteiger partial charge in [-0.1, -0.05) is 35.3 Å². The maximum Gasteiger partial charge on any atom is 0.263 e. The van der Waals surface area contributed by atoms with E-state index in [0.29, 0.717) is 33.3 Å². The van der Waals surface area contributed by atoms with Crippen molar-refractivity contribution < 1.29 is 54.9 Å². The smallest absolute Gasteiger partial charge is 0.263 e. The molecule has 384 valence electrons. The second-order valence-corrected chi connectivity index (χ2v) is 19.7. The van der Waals surface area contributed by atoms with Crippen LogP contribution in [0, 0.1) is 11.6 Å². The number of nitrogens with two attached hydrogens (primary N) is 2. The molecule has 0 aliphatic heterocycles. The van der Waals surface area contributed by atoms with Crippen molar-refractivity contribution in [1.82, 2.24) is 29.1 Å². The second kappa shape index (κ2) is 21.9. The highest BCUT2D eigenvalue weighted by atomic mass is 35.5. The summed E-state index contributed by atoms with van der Waals surface area (Å²) < 4.78 is 95.7. The van der Waals surface area contributed by atoms with Crippen molar-refractivity contribution in [1.29, 1.82) is 0 Å². The fraction of sp³-hybridized carbons (Fsp3) is 0.130. The Morgan fingerprint density at radius 2 is 0.986 bits per heavy atom. The van der Waals surface area contributed by atoms with Gasteiger partial charge in [0.1, 0.15) is 45.0 Å². The molecule has 0 aliphatic carbocycles. The summed E-state index contributed by atoms with van der Waals surface area (Å²) in [6.07, 6.45) is 2.06. The molecular formula is C46H38Cl2F2N10O12S2. The van der Waals surface area contributed by atoms with E-state index in [-0.39, 0.29) is 66.8 Å². The maximum absolute atomic E-state index is 13.4. The van der Waals surface area contributed by atoms with Gasteiger partial charge in [0.25, 0.3) is 31.2 Å². The van der Waals surface area contributed by atoms with Crippen LogP contribution in [0.25, 0.3) is 44.1 Å². The first-order valence-electron chi connectivity index (χ1n) is 21.0. The number of nitrogens with zero attached hydrogens (tertiary/aromatic N) is 6. The van der Waals surface area contributed by atoms with Gasteiger partial charge in [-0.15, -0.1) is 0 Å². The fourth-order valence-corrected chi connectivity index (χ4v) is 10.1. The van der Waals surface area contributed by atoms with Gasteiger partial charge in [0, 0.05) is 23.5 Å². The zero-order valence-electron chi connectivity index (χ0n) is 38.1. The molecule has 0 unspecified atom stereocenters. The van der Waals surface area contributed by atoms with Gasteiger partial charge in [0.05, 0.1) is 71.8 Å². The van der Waals surface area contributed by atoms with Crippen LogP contribution in [0.15, 0.2) is 129 Å². The molecule has 8 aromatic rings. The number of hydrogen-bond acceptors (Lipinski definition) is 16. The van der Waals surface area contributed by atoms with Crippen molar-refractivity contribution in [3.8, 4) is 34.0 Å². The number of carbonyl (C=O) groups is 2. The Morgan fingerprint density at radius 1 is 0.608 bits per heavy atom. The van der Waals surface area contributed by atoms with Crippen LogP contribution in [0.3, 0.4) is 0 Å². The van der Waals surface area contributed by atoms with Crippen LogP contribution in [0.1, 0.15) is 0 Å². The third-order valence-corrected chi connectivity index (χ3v) is 14.4. The number of halogens is 4. The Kier molecular flexibility index (Phi) is 15.9. The van der Waals surface area contributed by atoms with Gasteiger partial charge in [-0.3, -0.25) is 37.8 Å². The number of methoxy groups -OCH3 is 2. The van der Waals surface area contributed by atoms with E-state index < -0.39 is 66.8 Å². The van der Waals surface area contributed by atoms with Crippen LogP contribution < -0.4 is 41.5 Å². The van der Waals surface area contributed by atoms with Crippen LogP contribution >= 0.6 is 23.2 Å². The lowest BCUT2D eigenvalue weighted by molar-refractivity contribution is -0.127. The number of nitrogens with one attached hydrogen (secondary N) is 2. The monoisotopic (exact) mass is 1090 g/mol. The molecule has 28 heteroatoms. The van der Waals surface area contributed by atoms with E-state index in [4.69, 9.17) is 44.1 Å². The van der Waals surface area contributed by atoms with Crippen LogP contribution in [0.5, 0.6) is 11.8 Å². The zero-order chi connectivity index (χ0) is 53.8. The van der Waals surface area contributed by atoms with Crippen LogP contribution in [-0.4, -0.2) is 94.4 Å². The van der Waals surface area contributed by atoms with Crippen molar-refractivity contribution in [2.24, 2.45) is 11.5 Å². The highest BCUT2D eigenvalue weighted by molar-refractivity contribution is 7.93. The molecule has 2 atom stereocenters. The minimum absolute atomic E-state index is 0.0336. The normalized spacial score (nSPS) is 12.3. The van der Waals surface area contributed by atoms with E-state index in [2.05, 4.69) is 29.4 Å². The number of pyridine rings is 2. The highest BCUT2D eigenvalue weighted by Crippen LogP contribution is 2.34. The van der Waals surface area contributed by atoms with E-state index in [1.807, 2.05) is 0 Å². The number of fused-ring (bicyclic) bond motifs is 2. The molecule has 74 heavy (non-hydrogen) atoms. The minimum Gasteiger partial charge on any atom is -0.480 e. The molecule has 2 amide bonds. The lowest BCUT2D eigenvalue weighted by atomic mass is 10.1. The number of rotatable bonds is 16. The number of aromatic nitrogens is 6. The van der Waals surface area contributed by atoms with Crippen LogP contribution in [0.2, 0.25) is 10.0 Å². The molecule has 0 saturated heterocycles. The van der Waals surface area contributed by atoms with Crippen molar-refractivity contribution in [3.05, 3.63) is 152 Å². The van der Waals surface area contributed by atoms with E-state index in [0.717, 1.165) is 45.5 Å². The number of sulfonamides is 2. The first kappa shape index (κ1) is 53.7. The second-order valence-electron chi connectivity index (χ2n) is 15.6. The Morgan fingerprint density at radius 3 is 1.32 bits per heavy atom. The number of anilines is 2. The van der Waals surface area contributed by atoms with Crippen molar-refractivity contribution in [2.45, 2.75) is 35.1 Å². The summed E-state index contributed by atoms with van der Waals surface area (Å²) in [5, 5.41) is 19.2. The lowest BCUT2D eigenvalue weighted by Gasteiger charge is -2.14. The fourth-order valence-electron chi connectivity index (χ4n) is 6.97. The zero-order valence-corrected chi connectivity index (χ0v) is 41.2. The topological polar surface area (TPSA) is 333 Å². The van der Waals surface area contributed by atoms with Crippen LogP contribution in [0.4, 0.5) is 20.2 Å². The number of hydrogen-bond donors (Lipinski definition) is 6. The van der Waals surface area contributed by atoms with Gasteiger partial charge in [-0.25, -0.2) is 45.6 Å². The summed E-state index contributed by atoms with van der Waals surface area (Å²) in [6.45, 7) is -0.743. The number of amides is 2. The molecule has 8 N–H and O–H groups in total. The lowest BCUT2D eigenvalue weighted by Crippen LogP contribution is -2.35. The number of benzene rings is 4. The maximum atomic E-state index is 13.4. The van der Waals surface area contributed by atoms with Crippen molar-refractivity contribution in [3.63, 3.8) is 0 Å². The van der Waals surface area contributed by atoms with E-state index in [1.54, 1.807) is 24.3 Å². The van der Waals surface area contributed by atoms with Crippen molar-refractivity contribution in [2.75, 3.05) is 23.7 Å². The summed E-state index contributed by atoms with van der Waals surface area (Å²) in [5.74, 6) is -3.45. The summed E-state index contributed by atoms with van der Waals surface area (Å²) in [6, 6.07) is 18.1. The molecule has 0 bridgehead atoms. The largest absolute Gasteiger partial charge is 0.480 e. The van der Waals surface area contributed by atoms with Gasteiger partial charge in [-0.2, -0.15) is 0 Å². The van der Waals surface area contributed by atoms with Gasteiger partial charge in [0.15, 0.2) is 0 Å². The molecule has 0 fully saturated rings. The summed E-state index contributed by atoms with van der Waals surface area (Å²) in [5.41, 5.74) is 11.5. The summed E-state index contributed by atoms with van der Waals surface area (Å²) >= 11 is 11.9. The number of ether oxygens (including phenoxy) is 2. The number of aliphatic hydroxyl groups is 2. The molecule has 0 spiro atoms. The summed E-state index contributed by atoms with van der Waals surface area (Å²) in [7, 11) is -5.90. The molecule has 0 aliphatic rings. The molecule has 4 heterocycles. The first-order valence-corrected chi connectivity index (χ1v) is 24.7. The van der Waals surface area contributed by atoms with Crippen molar-refractivity contribution >= 4 is 88.2 Å². The average Bonchev–Trinajstić information content (AvgIpc) is 3.35. The third-order valence-electron chi connectivity index (χ3n) is 10.7.